The zero-order valence-corrected chi connectivity index (χ0v) is 18.1. The minimum atomic E-state index is -0.444. The Morgan fingerprint density at radius 3 is 2.10 bits per heavy atom. The van der Waals surface area contributed by atoms with Crippen molar-refractivity contribution in [1.82, 2.24) is 9.80 Å². The summed E-state index contributed by atoms with van der Waals surface area (Å²) < 4.78 is 0. The van der Waals surface area contributed by atoms with Gasteiger partial charge in [0, 0.05) is 32.7 Å². The summed E-state index contributed by atoms with van der Waals surface area (Å²) in [4.78, 5) is 31.4. The third-order valence-corrected chi connectivity index (χ3v) is 6.10. The smallest absolute Gasteiger partial charge is 0.283 e. The molecule has 0 N–H and O–H groups in total. The van der Waals surface area contributed by atoms with E-state index in [0.29, 0.717) is 30.4 Å². The van der Waals surface area contributed by atoms with E-state index in [4.69, 9.17) is 11.6 Å². The van der Waals surface area contributed by atoms with Gasteiger partial charge in [-0.3, -0.25) is 14.5 Å². The molecule has 2 aliphatic heterocycles. The van der Waals surface area contributed by atoms with Crippen LogP contribution in [0.5, 0.6) is 0 Å². The van der Waals surface area contributed by atoms with E-state index in [1.54, 1.807) is 0 Å². The Hall–Kier alpha value is -2.63. The fraction of sp³-hybridized carbons (Fsp3) is 0.333. The Labute approximate surface area is 182 Å². The maximum Gasteiger partial charge on any atom is 0.283 e. The molecule has 30 heavy (non-hydrogen) atoms. The molecule has 1 fully saturated rings. The molecule has 2 amide bonds. The van der Waals surface area contributed by atoms with Gasteiger partial charge < -0.3 is 4.90 Å². The van der Waals surface area contributed by atoms with Crippen LogP contribution < -0.4 is 4.90 Å². The third-order valence-electron chi connectivity index (χ3n) is 5.76. The van der Waals surface area contributed by atoms with Crippen molar-refractivity contribution in [3.63, 3.8) is 0 Å². The molecule has 0 bridgehead atoms. The van der Waals surface area contributed by atoms with Crippen LogP contribution in [-0.4, -0.2) is 47.8 Å². The van der Waals surface area contributed by atoms with Crippen LogP contribution in [0.3, 0.4) is 0 Å². The number of anilines is 1. The van der Waals surface area contributed by atoms with Gasteiger partial charge in [-0.25, -0.2) is 4.90 Å². The Balaban J connectivity index is 1.44. The van der Waals surface area contributed by atoms with E-state index in [1.807, 2.05) is 47.4 Å². The Morgan fingerprint density at radius 1 is 0.867 bits per heavy atom. The number of hydrogen-bond acceptors (Lipinski definition) is 4. The zero-order valence-electron chi connectivity index (χ0n) is 17.3. The van der Waals surface area contributed by atoms with Crippen LogP contribution >= 0.6 is 11.6 Å². The summed E-state index contributed by atoms with van der Waals surface area (Å²) in [6.07, 6.45) is 0. The molecule has 2 aromatic rings. The maximum absolute atomic E-state index is 13.1. The molecular formula is C24H26ClN3O2. The van der Waals surface area contributed by atoms with Crippen LogP contribution in [0.1, 0.15) is 30.9 Å². The van der Waals surface area contributed by atoms with E-state index < -0.39 is 5.91 Å². The van der Waals surface area contributed by atoms with E-state index in [2.05, 4.69) is 30.9 Å². The van der Waals surface area contributed by atoms with Gasteiger partial charge in [0.05, 0.1) is 5.69 Å². The Kier molecular flexibility index (Phi) is 5.93. The number of hydrogen-bond donors (Lipinski definition) is 0. The summed E-state index contributed by atoms with van der Waals surface area (Å²) >= 11 is 6.36. The average molecular weight is 424 g/mol. The fourth-order valence-corrected chi connectivity index (χ4v) is 4.26. The summed E-state index contributed by atoms with van der Waals surface area (Å²) in [7, 11) is 0. The minimum absolute atomic E-state index is 0.0180. The van der Waals surface area contributed by atoms with Crippen molar-refractivity contribution >= 4 is 29.1 Å². The normalized spacial score (nSPS) is 18.1. The molecule has 0 spiro atoms. The number of rotatable bonds is 5. The number of amides is 2. The largest absolute Gasteiger partial charge is 0.363 e. The molecule has 0 atom stereocenters. The van der Waals surface area contributed by atoms with E-state index in [-0.39, 0.29) is 10.9 Å². The highest BCUT2D eigenvalue weighted by atomic mass is 35.5. The molecule has 0 saturated carbocycles. The lowest BCUT2D eigenvalue weighted by Crippen LogP contribution is -2.47. The first-order valence-corrected chi connectivity index (χ1v) is 10.7. The number of piperazine rings is 1. The van der Waals surface area contributed by atoms with Crippen molar-refractivity contribution < 1.29 is 9.59 Å². The summed E-state index contributed by atoms with van der Waals surface area (Å²) in [5.74, 6) is -0.395. The highest BCUT2D eigenvalue weighted by molar-refractivity contribution is 6.52. The van der Waals surface area contributed by atoms with Crippen LogP contribution in [-0.2, 0) is 16.1 Å². The van der Waals surface area contributed by atoms with E-state index in [9.17, 15) is 9.59 Å². The van der Waals surface area contributed by atoms with Gasteiger partial charge in [-0.1, -0.05) is 67.9 Å². The average Bonchev–Trinajstić information content (AvgIpc) is 2.98. The topological polar surface area (TPSA) is 43.9 Å². The van der Waals surface area contributed by atoms with Crippen molar-refractivity contribution in [3.8, 4) is 0 Å². The van der Waals surface area contributed by atoms with Gasteiger partial charge in [0.15, 0.2) is 0 Å². The lowest BCUT2D eigenvalue weighted by Gasteiger charge is -2.36. The molecule has 2 aromatic carbocycles. The Morgan fingerprint density at radius 2 is 1.50 bits per heavy atom. The van der Waals surface area contributed by atoms with Crippen LogP contribution in [0.4, 0.5) is 5.69 Å². The lowest BCUT2D eigenvalue weighted by atomic mass is 10.0. The van der Waals surface area contributed by atoms with Crippen molar-refractivity contribution in [2.45, 2.75) is 26.3 Å². The first-order valence-electron chi connectivity index (χ1n) is 10.4. The molecule has 2 aliphatic rings. The first-order chi connectivity index (χ1) is 14.5. The van der Waals surface area contributed by atoms with E-state index in [1.165, 1.54) is 10.5 Å². The molecule has 0 aromatic heterocycles. The molecule has 4 rings (SSSR count). The van der Waals surface area contributed by atoms with Crippen LogP contribution in [0.25, 0.3) is 0 Å². The summed E-state index contributed by atoms with van der Waals surface area (Å²) in [6.45, 7) is 8.04. The molecular weight excluding hydrogens is 398 g/mol. The molecule has 6 heteroatoms. The van der Waals surface area contributed by atoms with Crippen LogP contribution in [0.2, 0.25) is 0 Å². The summed E-state index contributed by atoms with van der Waals surface area (Å²) in [5.41, 5.74) is 3.32. The molecule has 0 aliphatic carbocycles. The molecule has 0 unspecified atom stereocenters. The first kappa shape index (κ1) is 20.6. The molecule has 0 radical (unpaired) electrons. The van der Waals surface area contributed by atoms with Crippen molar-refractivity contribution in [1.29, 1.82) is 0 Å². The van der Waals surface area contributed by atoms with E-state index >= 15 is 0 Å². The second-order valence-corrected chi connectivity index (χ2v) is 8.48. The number of benzene rings is 2. The van der Waals surface area contributed by atoms with Gasteiger partial charge in [0.1, 0.15) is 10.7 Å². The van der Waals surface area contributed by atoms with E-state index in [0.717, 1.165) is 25.2 Å². The van der Waals surface area contributed by atoms with Crippen molar-refractivity contribution in [2.75, 3.05) is 31.1 Å². The summed E-state index contributed by atoms with van der Waals surface area (Å²) in [5, 5.41) is 0.0180. The van der Waals surface area contributed by atoms with Gasteiger partial charge in [-0.15, -0.1) is 0 Å². The highest BCUT2D eigenvalue weighted by Gasteiger charge is 2.41. The quantitative estimate of drug-likeness (QED) is 0.683. The maximum atomic E-state index is 13.1. The zero-order chi connectivity index (χ0) is 21.3. The fourth-order valence-electron chi connectivity index (χ4n) is 3.98. The predicted molar refractivity (Wildman–Crippen MR) is 119 cm³/mol. The summed E-state index contributed by atoms with van der Waals surface area (Å²) in [6, 6.07) is 17.9. The van der Waals surface area contributed by atoms with Crippen LogP contribution in [0, 0.1) is 0 Å². The van der Waals surface area contributed by atoms with Gasteiger partial charge in [0.25, 0.3) is 11.8 Å². The molecule has 2 heterocycles. The predicted octanol–water partition coefficient (Wildman–Crippen LogP) is 3.95. The molecule has 5 nitrogen and oxygen atoms in total. The highest BCUT2D eigenvalue weighted by Crippen LogP contribution is 2.32. The second-order valence-electron chi connectivity index (χ2n) is 8.10. The Bertz CT molecular complexity index is 962. The number of halogens is 1. The van der Waals surface area contributed by atoms with Gasteiger partial charge in [-0.05, 0) is 29.2 Å². The molecule has 1 saturated heterocycles. The number of nitrogens with zero attached hydrogens (tertiary/aromatic N) is 3. The monoisotopic (exact) mass is 423 g/mol. The van der Waals surface area contributed by atoms with Gasteiger partial charge in [-0.2, -0.15) is 0 Å². The van der Waals surface area contributed by atoms with Crippen LogP contribution in [0.15, 0.2) is 65.3 Å². The number of carbonyl (C=O) groups excluding carboxylic acids is 2. The third kappa shape index (κ3) is 4.00. The van der Waals surface area contributed by atoms with Gasteiger partial charge >= 0.3 is 0 Å². The lowest BCUT2D eigenvalue weighted by molar-refractivity contribution is -0.121. The standard InChI is InChI=1S/C24H26ClN3O2/c1-17(2)19-8-10-20(11-9-19)28-23(29)21(25)22(24(28)30)27-14-12-26(13-15-27)16-18-6-4-3-5-7-18/h3-11,17H,12-16H2,1-2H3. The SMILES string of the molecule is CC(C)c1ccc(N2C(=O)C(Cl)=C(N3CCN(Cc4ccccc4)CC3)C2=O)cc1. The number of carbonyl (C=O) groups is 2. The molecule has 156 valence electrons. The minimum Gasteiger partial charge on any atom is -0.363 e. The van der Waals surface area contributed by atoms with Gasteiger partial charge in [0.2, 0.25) is 0 Å². The number of imide groups is 1. The van der Waals surface area contributed by atoms with Crippen molar-refractivity contribution in [3.05, 3.63) is 76.5 Å². The van der Waals surface area contributed by atoms with Crippen molar-refractivity contribution in [2.24, 2.45) is 0 Å². The second kappa shape index (κ2) is 8.62.